The van der Waals surface area contributed by atoms with Gasteiger partial charge in [0.05, 0.1) is 17.8 Å². The van der Waals surface area contributed by atoms with Crippen LogP contribution in [0.1, 0.15) is 24.0 Å². The van der Waals surface area contributed by atoms with Crippen LogP contribution < -0.4 is 10.1 Å². The zero-order valence-corrected chi connectivity index (χ0v) is 12.9. The van der Waals surface area contributed by atoms with Gasteiger partial charge in [-0.2, -0.15) is 5.10 Å². The van der Waals surface area contributed by atoms with Gasteiger partial charge >= 0.3 is 0 Å². The molecule has 1 heterocycles. The van der Waals surface area contributed by atoms with E-state index >= 15 is 0 Å². The molecular formula is C16H20ClN3O. The first kappa shape index (κ1) is 14.4. The quantitative estimate of drug-likeness (QED) is 0.855. The number of nitrogens with zero attached hydrogens (tertiary/aromatic N) is 2. The van der Waals surface area contributed by atoms with Crippen molar-refractivity contribution in [3.8, 4) is 5.75 Å². The van der Waals surface area contributed by atoms with Crippen molar-refractivity contribution < 1.29 is 4.74 Å². The van der Waals surface area contributed by atoms with Crippen molar-refractivity contribution in [1.82, 2.24) is 15.1 Å². The predicted octanol–water partition coefficient (Wildman–Crippen LogP) is 2.95. The van der Waals surface area contributed by atoms with Crippen LogP contribution >= 0.6 is 11.6 Å². The molecule has 0 spiro atoms. The van der Waals surface area contributed by atoms with Gasteiger partial charge in [0.1, 0.15) is 5.75 Å². The number of ether oxygens (including phenoxy) is 1. The normalized spacial score (nSPS) is 14.4. The fourth-order valence-electron chi connectivity index (χ4n) is 2.20. The fourth-order valence-corrected chi connectivity index (χ4v) is 2.46. The largest absolute Gasteiger partial charge is 0.492 e. The van der Waals surface area contributed by atoms with Crippen molar-refractivity contribution in [3.05, 3.63) is 46.7 Å². The van der Waals surface area contributed by atoms with E-state index in [2.05, 4.69) is 16.5 Å². The summed E-state index contributed by atoms with van der Waals surface area (Å²) in [5, 5.41) is 8.29. The summed E-state index contributed by atoms with van der Waals surface area (Å²) >= 11 is 6.28. The second kappa shape index (κ2) is 6.50. The van der Waals surface area contributed by atoms with Gasteiger partial charge in [-0.1, -0.05) is 17.7 Å². The van der Waals surface area contributed by atoms with Crippen LogP contribution in [0.3, 0.4) is 0 Å². The second-order valence-electron chi connectivity index (χ2n) is 5.54. The zero-order chi connectivity index (χ0) is 14.7. The van der Waals surface area contributed by atoms with Crippen LogP contribution in [-0.4, -0.2) is 22.4 Å². The van der Waals surface area contributed by atoms with Crippen LogP contribution in [0.15, 0.2) is 30.6 Å². The Bertz CT molecular complexity index is 607. The molecular weight excluding hydrogens is 286 g/mol. The van der Waals surface area contributed by atoms with Gasteiger partial charge in [-0.3, -0.25) is 4.68 Å². The van der Waals surface area contributed by atoms with Gasteiger partial charge in [-0.15, -0.1) is 0 Å². The molecule has 1 fully saturated rings. The van der Waals surface area contributed by atoms with Gasteiger partial charge in [-0.25, -0.2) is 0 Å². The molecule has 1 aliphatic rings. The highest BCUT2D eigenvalue weighted by atomic mass is 35.5. The van der Waals surface area contributed by atoms with E-state index in [0.29, 0.717) is 17.7 Å². The summed E-state index contributed by atoms with van der Waals surface area (Å²) < 4.78 is 7.55. The maximum atomic E-state index is 6.28. The molecule has 1 aromatic heterocycles. The molecule has 0 atom stereocenters. The summed E-state index contributed by atoms with van der Waals surface area (Å²) in [6.45, 7) is 1.48. The van der Waals surface area contributed by atoms with Crippen molar-refractivity contribution in [2.75, 3.05) is 6.61 Å². The van der Waals surface area contributed by atoms with Gasteiger partial charge in [-0.05, 0) is 36.1 Å². The third-order valence-electron chi connectivity index (χ3n) is 3.58. The number of halogens is 1. The minimum Gasteiger partial charge on any atom is -0.492 e. The summed E-state index contributed by atoms with van der Waals surface area (Å²) in [6, 6.07) is 6.71. The minimum atomic E-state index is 0.602. The average Bonchev–Trinajstić information content (AvgIpc) is 3.21. The van der Waals surface area contributed by atoms with Gasteiger partial charge in [0.25, 0.3) is 0 Å². The van der Waals surface area contributed by atoms with E-state index in [0.717, 1.165) is 18.7 Å². The molecule has 21 heavy (non-hydrogen) atoms. The molecule has 1 N–H and O–H groups in total. The van der Waals surface area contributed by atoms with E-state index in [4.69, 9.17) is 16.3 Å². The molecule has 4 nitrogen and oxygen atoms in total. The maximum Gasteiger partial charge on any atom is 0.137 e. The third-order valence-corrected chi connectivity index (χ3v) is 3.87. The van der Waals surface area contributed by atoms with Crippen LogP contribution in [0.25, 0.3) is 0 Å². The monoisotopic (exact) mass is 305 g/mol. The van der Waals surface area contributed by atoms with Gasteiger partial charge in [0.15, 0.2) is 0 Å². The Morgan fingerprint density at radius 3 is 2.90 bits per heavy atom. The first-order chi connectivity index (χ1) is 10.2. The summed E-state index contributed by atoms with van der Waals surface area (Å²) in [4.78, 5) is 0. The maximum absolute atomic E-state index is 6.28. The Balaban J connectivity index is 1.50. The standard InChI is InChI=1S/C16H20ClN3O/c1-20-11-13(10-19-20)6-7-21-16-5-2-12(8-15(16)17)9-18-14-3-4-14/h2,5,8,10-11,14,18H,3-4,6-7,9H2,1H3. The molecule has 1 aromatic carbocycles. The molecule has 112 valence electrons. The van der Waals surface area contributed by atoms with E-state index in [9.17, 15) is 0 Å². The van der Waals surface area contributed by atoms with E-state index in [-0.39, 0.29) is 0 Å². The number of hydrogen-bond acceptors (Lipinski definition) is 3. The Morgan fingerprint density at radius 1 is 1.38 bits per heavy atom. The van der Waals surface area contributed by atoms with Crippen LogP contribution in [0.4, 0.5) is 0 Å². The third kappa shape index (κ3) is 4.22. The lowest BCUT2D eigenvalue weighted by Crippen LogP contribution is -2.15. The summed E-state index contributed by atoms with van der Waals surface area (Å²) in [5.74, 6) is 0.746. The molecule has 0 unspecified atom stereocenters. The summed E-state index contributed by atoms with van der Waals surface area (Å²) in [7, 11) is 1.91. The summed E-state index contributed by atoms with van der Waals surface area (Å²) in [6.07, 6.45) is 7.27. The first-order valence-electron chi connectivity index (χ1n) is 7.33. The molecule has 0 bridgehead atoms. The fraction of sp³-hybridized carbons (Fsp3) is 0.438. The van der Waals surface area contributed by atoms with E-state index in [1.165, 1.54) is 24.0 Å². The number of aromatic nitrogens is 2. The highest BCUT2D eigenvalue weighted by Crippen LogP contribution is 2.26. The smallest absolute Gasteiger partial charge is 0.137 e. The highest BCUT2D eigenvalue weighted by Gasteiger charge is 2.20. The second-order valence-corrected chi connectivity index (χ2v) is 5.95. The molecule has 0 radical (unpaired) electrons. The average molecular weight is 306 g/mol. The number of hydrogen-bond donors (Lipinski definition) is 1. The van der Waals surface area contributed by atoms with Crippen molar-refractivity contribution in [2.45, 2.75) is 31.8 Å². The van der Waals surface area contributed by atoms with Crippen LogP contribution in [-0.2, 0) is 20.0 Å². The van der Waals surface area contributed by atoms with Crippen molar-refractivity contribution in [2.24, 2.45) is 7.05 Å². The molecule has 3 rings (SSSR count). The number of aryl methyl sites for hydroxylation is 1. The summed E-state index contributed by atoms with van der Waals surface area (Å²) in [5.41, 5.74) is 2.37. The lowest BCUT2D eigenvalue weighted by Gasteiger charge is -2.09. The van der Waals surface area contributed by atoms with E-state index < -0.39 is 0 Å². The van der Waals surface area contributed by atoms with Gasteiger partial charge in [0, 0.05) is 32.3 Å². The van der Waals surface area contributed by atoms with Crippen LogP contribution in [0.5, 0.6) is 5.75 Å². The minimum absolute atomic E-state index is 0.602. The lowest BCUT2D eigenvalue weighted by atomic mass is 10.2. The Hall–Kier alpha value is -1.52. The number of benzene rings is 1. The van der Waals surface area contributed by atoms with Gasteiger partial charge < -0.3 is 10.1 Å². The van der Waals surface area contributed by atoms with Crippen molar-refractivity contribution in [3.63, 3.8) is 0 Å². The Kier molecular flexibility index (Phi) is 4.46. The lowest BCUT2D eigenvalue weighted by molar-refractivity contribution is 0.322. The first-order valence-corrected chi connectivity index (χ1v) is 7.70. The van der Waals surface area contributed by atoms with E-state index in [1.54, 1.807) is 4.68 Å². The van der Waals surface area contributed by atoms with Crippen LogP contribution in [0.2, 0.25) is 5.02 Å². The molecule has 0 amide bonds. The van der Waals surface area contributed by atoms with Gasteiger partial charge in [0.2, 0.25) is 0 Å². The Morgan fingerprint density at radius 2 is 2.24 bits per heavy atom. The molecule has 2 aromatic rings. The van der Waals surface area contributed by atoms with E-state index in [1.807, 2.05) is 31.6 Å². The molecule has 5 heteroatoms. The Labute approximate surface area is 130 Å². The predicted molar refractivity (Wildman–Crippen MR) is 83.7 cm³/mol. The highest BCUT2D eigenvalue weighted by molar-refractivity contribution is 6.32. The number of nitrogens with one attached hydrogen (secondary N) is 1. The van der Waals surface area contributed by atoms with Crippen molar-refractivity contribution in [1.29, 1.82) is 0 Å². The molecule has 1 saturated carbocycles. The SMILES string of the molecule is Cn1cc(CCOc2ccc(CNC3CC3)cc2Cl)cn1. The zero-order valence-electron chi connectivity index (χ0n) is 12.2. The number of rotatable bonds is 7. The van der Waals surface area contributed by atoms with Crippen molar-refractivity contribution >= 4 is 11.6 Å². The molecule has 0 aliphatic heterocycles. The molecule has 0 saturated heterocycles. The molecule has 1 aliphatic carbocycles. The van der Waals surface area contributed by atoms with Crippen LogP contribution in [0, 0.1) is 0 Å². The topological polar surface area (TPSA) is 39.1 Å².